The average Bonchev–Trinajstić information content (AvgIpc) is 3.21. The highest BCUT2D eigenvalue weighted by molar-refractivity contribution is 5.89. The first-order chi connectivity index (χ1) is 13.2. The molecular weight excluding hydrogens is 377 g/mol. The van der Waals surface area contributed by atoms with Gasteiger partial charge in [0.2, 0.25) is 5.88 Å². The molecule has 0 radical (unpaired) electrons. The summed E-state index contributed by atoms with van der Waals surface area (Å²) < 4.78 is 49.5. The molecule has 2 aromatic heterocycles. The van der Waals surface area contributed by atoms with Gasteiger partial charge in [-0.25, -0.2) is 0 Å². The van der Waals surface area contributed by atoms with Crippen molar-refractivity contribution in [3.05, 3.63) is 47.8 Å². The summed E-state index contributed by atoms with van der Waals surface area (Å²) in [4.78, 5) is 14.4. The summed E-state index contributed by atoms with van der Waals surface area (Å²) in [7, 11) is 1.20. The van der Waals surface area contributed by atoms with E-state index in [2.05, 4.69) is 15.0 Å². The number of aryl methyl sites for hydroxylation is 1. The third-order valence-electron chi connectivity index (χ3n) is 4.18. The molecule has 0 amide bonds. The molecule has 0 spiro atoms. The van der Waals surface area contributed by atoms with Crippen molar-refractivity contribution >= 4 is 11.9 Å². The number of H-pyrrole nitrogens is 1. The number of aromatic amines is 1. The Balaban J connectivity index is 2.14. The van der Waals surface area contributed by atoms with Gasteiger partial charge >= 0.3 is 12.1 Å². The van der Waals surface area contributed by atoms with Gasteiger partial charge in [-0.05, 0) is 30.7 Å². The molecular formula is C19H17F3N2O4. The summed E-state index contributed by atoms with van der Waals surface area (Å²) in [5.41, 5.74) is 0.466. The lowest BCUT2D eigenvalue weighted by Gasteiger charge is -2.09. The quantitative estimate of drug-likeness (QED) is 0.552. The van der Waals surface area contributed by atoms with Gasteiger partial charge in [0.1, 0.15) is 6.54 Å². The van der Waals surface area contributed by atoms with Crippen molar-refractivity contribution in [2.75, 3.05) is 19.0 Å². The molecule has 9 heteroatoms. The summed E-state index contributed by atoms with van der Waals surface area (Å²) in [5, 5.41) is 13.4. The lowest BCUT2D eigenvalue weighted by Crippen LogP contribution is -2.15. The van der Waals surface area contributed by atoms with Crippen LogP contribution < -0.4 is 5.32 Å². The number of esters is 1. The number of rotatable bonds is 5. The molecule has 0 unspecified atom stereocenters. The largest absolute Gasteiger partial charge is 0.504 e. The number of aromatic hydroxyl groups is 1. The minimum atomic E-state index is -4.55. The molecule has 28 heavy (non-hydrogen) atoms. The Morgan fingerprint density at radius 1 is 1.32 bits per heavy atom. The lowest BCUT2D eigenvalue weighted by atomic mass is 10.0. The molecule has 1 aromatic carbocycles. The van der Waals surface area contributed by atoms with Crippen LogP contribution in [0.5, 0.6) is 5.75 Å². The highest BCUT2D eigenvalue weighted by Gasteiger charge is 2.32. The van der Waals surface area contributed by atoms with E-state index < -0.39 is 17.7 Å². The summed E-state index contributed by atoms with van der Waals surface area (Å²) >= 11 is 0. The van der Waals surface area contributed by atoms with Crippen LogP contribution in [-0.2, 0) is 15.7 Å². The normalized spacial score (nSPS) is 11.5. The monoisotopic (exact) mass is 394 g/mol. The van der Waals surface area contributed by atoms with E-state index in [0.717, 1.165) is 12.1 Å². The smallest absolute Gasteiger partial charge is 0.416 e. The van der Waals surface area contributed by atoms with Crippen molar-refractivity contribution < 1.29 is 32.2 Å². The molecule has 6 nitrogen and oxygen atoms in total. The van der Waals surface area contributed by atoms with Crippen molar-refractivity contribution in [3.63, 3.8) is 0 Å². The van der Waals surface area contributed by atoms with Crippen LogP contribution in [0.25, 0.3) is 22.5 Å². The summed E-state index contributed by atoms with van der Waals surface area (Å²) in [6.07, 6.45) is -2.91. The first-order valence-corrected chi connectivity index (χ1v) is 8.20. The molecule has 0 aliphatic rings. The number of ether oxygens (including phenoxy) is 1. The number of benzene rings is 1. The number of halogens is 3. The molecule has 0 aliphatic heterocycles. The number of hydrogen-bond acceptors (Lipinski definition) is 5. The Hall–Kier alpha value is -3.36. The second-order valence-electron chi connectivity index (χ2n) is 6.01. The fourth-order valence-electron chi connectivity index (χ4n) is 2.77. The van der Waals surface area contributed by atoms with E-state index in [0.29, 0.717) is 11.3 Å². The number of alkyl halides is 3. The number of aromatic nitrogens is 1. The van der Waals surface area contributed by atoms with Gasteiger partial charge in [0.15, 0.2) is 11.5 Å². The van der Waals surface area contributed by atoms with Crippen LogP contribution in [0.3, 0.4) is 0 Å². The van der Waals surface area contributed by atoms with Crippen LogP contribution in [-0.4, -0.2) is 29.7 Å². The van der Waals surface area contributed by atoms with Gasteiger partial charge in [-0.1, -0.05) is 12.1 Å². The van der Waals surface area contributed by atoms with Crippen LogP contribution in [0.1, 0.15) is 11.3 Å². The van der Waals surface area contributed by atoms with E-state index >= 15 is 0 Å². The fraction of sp³-hybridized carbons (Fsp3) is 0.211. The van der Waals surface area contributed by atoms with E-state index in [1.807, 2.05) is 0 Å². The highest BCUT2D eigenvalue weighted by Crippen LogP contribution is 2.47. The van der Waals surface area contributed by atoms with Crippen molar-refractivity contribution in [2.45, 2.75) is 13.1 Å². The van der Waals surface area contributed by atoms with Gasteiger partial charge in [-0.3, -0.25) is 4.79 Å². The molecule has 148 valence electrons. The number of carbonyl (C=O) groups excluding carboxylic acids is 1. The van der Waals surface area contributed by atoms with Crippen LogP contribution in [0.4, 0.5) is 19.1 Å². The number of hydrogen-bond donors (Lipinski definition) is 3. The average molecular weight is 394 g/mol. The molecule has 0 atom stereocenters. The maximum atomic E-state index is 13.1. The van der Waals surface area contributed by atoms with E-state index in [-0.39, 0.29) is 35.1 Å². The minimum Gasteiger partial charge on any atom is -0.504 e. The second kappa shape index (κ2) is 7.34. The third-order valence-corrected chi connectivity index (χ3v) is 4.18. The van der Waals surface area contributed by atoms with Gasteiger partial charge in [0.05, 0.1) is 18.2 Å². The Kier molecular flexibility index (Phi) is 5.08. The maximum absolute atomic E-state index is 13.1. The van der Waals surface area contributed by atoms with E-state index in [4.69, 9.17) is 4.42 Å². The number of anilines is 1. The van der Waals surface area contributed by atoms with Crippen LogP contribution in [0.2, 0.25) is 0 Å². The Morgan fingerprint density at radius 3 is 2.68 bits per heavy atom. The summed E-state index contributed by atoms with van der Waals surface area (Å²) in [6.45, 7) is 1.46. The van der Waals surface area contributed by atoms with Gasteiger partial charge < -0.3 is 24.6 Å². The zero-order valence-electron chi connectivity index (χ0n) is 15.0. The SMILES string of the molecule is COC(=O)CNc1oc(-c2cc[nH]c2C)c(O)c1-c1cccc(C(F)(F)F)c1. The minimum absolute atomic E-state index is 0.0191. The predicted molar refractivity (Wildman–Crippen MR) is 95.8 cm³/mol. The van der Waals surface area contributed by atoms with Crippen molar-refractivity contribution in [1.29, 1.82) is 0 Å². The van der Waals surface area contributed by atoms with Gasteiger partial charge in [-0.15, -0.1) is 0 Å². The first-order valence-electron chi connectivity index (χ1n) is 8.20. The van der Waals surface area contributed by atoms with Gasteiger partial charge in [0.25, 0.3) is 0 Å². The van der Waals surface area contributed by atoms with E-state index in [1.165, 1.54) is 19.2 Å². The number of furan rings is 1. The zero-order chi connectivity index (χ0) is 20.5. The Morgan fingerprint density at radius 2 is 2.07 bits per heavy atom. The predicted octanol–water partition coefficient (Wildman–Crippen LogP) is 4.56. The molecule has 3 N–H and O–H groups in total. The van der Waals surface area contributed by atoms with Gasteiger partial charge in [-0.2, -0.15) is 13.2 Å². The highest BCUT2D eigenvalue weighted by atomic mass is 19.4. The molecule has 3 rings (SSSR count). The molecule has 0 saturated heterocycles. The van der Waals surface area contributed by atoms with Crippen molar-refractivity contribution in [1.82, 2.24) is 4.98 Å². The molecule has 2 heterocycles. The fourth-order valence-corrected chi connectivity index (χ4v) is 2.77. The number of carbonyl (C=O) groups is 1. The zero-order valence-corrected chi connectivity index (χ0v) is 15.0. The lowest BCUT2D eigenvalue weighted by molar-refractivity contribution is -0.139. The van der Waals surface area contributed by atoms with Gasteiger partial charge in [0, 0.05) is 17.5 Å². The van der Waals surface area contributed by atoms with Crippen molar-refractivity contribution in [3.8, 4) is 28.2 Å². The van der Waals surface area contributed by atoms with E-state index in [9.17, 15) is 23.1 Å². The molecule has 0 aliphatic carbocycles. The second-order valence-corrected chi connectivity index (χ2v) is 6.01. The molecule has 0 saturated carbocycles. The Bertz CT molecular complexity index is 1010. The molecule has 0 fully saturated rings. The standard InChI is InChI=1S/C19H17F3N2O4/c1-10-13(6-7-23-10)17-16(26)15(18(28-17)24-9-14(25)27-2)11-4-3-5-12(8-11)19(20,21)22/h3-8,23-24,26H,9H2,1-2H3. The van der Waals surface area contributed by atoms with Crippen LogP contribution in [0.15, 0.2) is 40.9 Å². The molecule has 0 bridgehead atoms. The van der Waals surface area contributed by atoms with Crippen LogP contribution in [0, 0.1) is 6.92 Å². The summed E-state index contributed by atoms with van der Waals surface area (Å²) in [5.74, 6) is -0.920. The summed E-state index contributed by atoms with van der Waals surface area (Å²) in [6, 6.07) is 6.14. The van der Waals surface area contributed by atoms with Crippen LogP contribution >= 0.6 is 0 Å². The van der Waals surface area contributed by atoms with E-state index in [1.54, 1.807) is 19.2 Å². The maximum Gasteiger partial charge on any atom is 0.416 e. The number of nitrogens with one attached hydrogen (secondary N) is 2. The third kappa shape index (κ3) is 3.68. The first kappa shape index (κ1) is 19.4. The molecule has 3 aromatic rings. The van der Waals surface area contributed by atoms with Crippen molar-refractivity contribution in [2.24, 2.45) is 0 Å². The topological polar surface area (TPSA) is 87.5 Å². The Labute approximate surface area is 157 Å². The number of methoxy groups -OCH3 is 1.